The van der Waals surface area contributed by atoms with Gasteiger partial charge in [-0.2, -0.15) is 4.37 Å². The molecule has 1 fully saturated rings. The number of benzene rings is 1. The molecule has 1 aromatic carbocycles. The maximum atomic E-state index is 13.9. The maximum absolute atomic E-state index is 13.9. The van der Waals surface area contributed by atoms with Gasteiger partial charge in [-0.15, -0.1) is 0 Å². The van der Waals surface area contributed by atoms with Crippen molar-refractivity contribution in [2.45, 2.75) is 31.9 Å². The molecule has 1 aromatic heterocycles. The molecular weight excluding hydrogens is 440 g/mol. The fourth-order valence-corrected chi connectivity index (χ4v) is 3.49. The molecule has 0 bridgehead atoms. The Kier molecular flexibility index (Phi) is 7.40. The van der Waals surface area contributed by atoms with E-state index in [1.165, 1.54) is 12.8 Å². The average Bonchev–Trinajstić information content (AvgIpc) is 3.40. The summed E-state index contributed by atoms with van der Waals surface area (Å²) in [5.74, 6) is -2.93. The highest BCUT2D eigenvalue weighted by Crippen LogP contribution is 2.31. The molecule has 0 saturated heterocycles. The van der Waals surface area contributed by atoms with Gasteiger partial charge in [-0.3, -0.25) is 10.1 Å². The Morgan fingerprint density at radius 3 is 2.60 bits per heavy atom. The molecule has 0 radical (unpaired) electrons. The van der Waals surface area contributed by atoms with E-state index in [1.807, 2.05) is 0 Å². The van der Waals surface area contributed by atoms with Gasteiger partial charge in [0.05, 0.1) is 5.56 Å². The standard InChI is InChI=1S/C18H20ClF2N5O3S/c19-9-6-12(20)11(13(21)7-9)8-29-16-14(15(22)27)17(30-26-16)25-18(28)24-5-1-4-23-10-2-3-10/h6-7,10,23H,1-5,8H2,(H2,22,27)(H2,24,25,28). The van der Waals surface area contributed by atoms with Gasteiger partial charge in [-0.05, 0) is 49.5 Å². The molecule has 3 amide bonds. The van der Waals surface area contributed by atoms with E-state index in [-0.39, 0.29) is 27.0 Å². The van der Waals surface area contributed by atoms with Crippen LogP contribution in [0.15, 0.2) is 12.1 Å². The number of ether oxygens (including phenoxy) is 1. The number of primary amides is 1. The highest BCUT2D eigenvalue weighted by Gasteiger charge is 2.23. The van der Waals surface area contributed by atoms with Crippen molar-refractivity contribution in [3.8, 4) is 5.88 Å². The minimum atomic E-state index is -0.903. The number of carbonyl (C=O) groups is 2. The quantitative estimate of drug-likeness (QED) is 0.407. The van der Waals surface area contributed by atoms with Crippen LogP contribution in [0.25, 0.3) is 0 Å². The summed E-state index contributed by atoms with van der Waals surface area (Å²) < 4.78 is 37.0. The summed E-state index contributed by atoms with van der Waals surface area (Å²) in [6, 6.07) is 1.95. The molecule has 12 heteroatoms. The first-order valence-corrected chi connectivity index (χ1v) is 10.3. The van der Waals surface area contributed by atoms with Gasteiger partial charge in [-0.25, -0.2) is 13.6 Å². The monoisotopic (exact) mass is 459 g/mol. The van der Waals surface area contributed by atoms with Crippen molar-refractivity contribution >= 4 is 40.1 Å². The predicted molar refractivity (Wildman–Crippen MR) is 109 cm³/mol. The number of halogens is 3. The van der Waals surface area contributed by atoms with Crippen LogP contribution in [0, 0.1) is 11.6 Å². The van der Waals surface area contributed by atoms with Crippen LogP contribution in [0.1, 0.15) is 35.2 Å². The second-order valence-corrected chi connectivity index (χ2v) is 7.87. The normalized spacial score (nSPS) is 13.2. The summed E-state index contributed by atoms with van der Waals surface area (Å²) in [5.41, 5.74) is 4.80. The number of hydrogen-bond acceptors (Lipinski definition) is 6. The lowest BCUT2D eigenvalue weighted by Gasteiger charge is -2.09. The Hall–Kier alpha value is -2.50. The first-order chi connectivity index (χ1) is 14.3. The van der Waals surface area contributed by atoms with Crippen LogP contribution >= 0.6 is 23.1 Å². The molecule has 0 aliphatic heterocycles. The van der Waals surface area contributed by atoms with Gasteiger partial charge in [-0.1, -0.05) is 11.6 Å². The van der Waals surface area contributed by atoms with E-state index in [9.17, 15) is 18.4 Å². The molecule has 30 heavy (non-hydrogen) atoms. The average molecular weight is 460 g/mol. The van der Waals surface area contributed by atoms with Gasteiger partial charge in [0.1, 0.15) is 28.8 Å². The third-order valence-corrected chi connectivity index (χ3v) is 5.21. The molecule has 0 unspecified atom stereocenters. The molecule has 5 N–H and O–H groups in total. The largest absolute Gasteiger partial charge is 0.471 e. The number of rotatable bonds is 10. The van der Waals surface area contributed by atoms with Crippen molar-refractivity contribution in [3.05, 3.63) is 39.9 Å². The van der Waals surface area contributed by atoms with Gasteiger partial charge >= 0.3 is 6.03 Å². The number of aromatic nitrogens is 1. The topological polar surface area (TPSA) is 118 Å². The van der Waals surface area contributed by atoms with Gasteiger partial charge in [0, 0.05) is 17.6 Å². The summed E-state index contributed by atoms with van der Waals surface area (Å²) in [5, 5.41) is 8.46. The number of urea groups is 1. The minimum Gasteiger partial charge on any atom is -0.471 e. The number of amides is 3. The SMILES string of the molecule is NC(=O)c1c(OCc2c(F)cc(Cl)cc2F)nsc1NC(=O)NCCCNC1CC1. The van der Waals surface area contributed by atoms with Crippen LogP contribution in [0.4, 0.5) is 18.6 Å². The molecule has 162 valence electrons. The fraction of sp³-hybridized carbons (Fsp3) is 0.389. The molecule has 1 aliphatic rings. The number of anilines is 1. The Morgan fingerprint density at radius 2 is 1.97 bits per heavy atom. The first kappa shape index (κ1) is 22.2. The van der Waals surface area contributed by atoms with Gasteiger partial charge in [0.25, 0.3) is 5.91 Å². The molecular formula is C18H20ClF2N5O3S. The van der Waals surface area contributed by atoms with Crippen LogP contribution in [-0.2, 0) is 6.61 Å². The molecule has 0 atom stereocenters. The Morgan fingerprint density at radius 1 is 1.27 bits per heavy atom. The molecule has 0 spiro atoms. The van der Waals surface area contributed by atoms with Crippen LogP contribution < -0.4 is 26.4 Å². The number of nitrogens with two attached hydrogens (primary N) is 1. The van der Waals surface area contributed by atoms with Gasteiger partial charge in [0.2, 0.25) is 5.88 Å². The van der Waals surface area contributed by atoms with E-state index >= 15 is 0 Å². The van der Waals surface area contributed by atoms with E-state index in [4.69, 9.17) is 22.1 Å². The number of carbonyl (C=O) groups excluding carboxylic acids is 2. The van der Waals surface area contributed by atoms with E-state index in [0.717, 1.165) is 36.6 Å². The summed E-state index contributed by atoms with van der Waals surface area (Å²) in [7, 11) is 0. The van der Waals surface area contributed by atoms with E-state index in [0.29, 0.717) is 12.6 Å². The van der Waals surface area contributed by atoms with Crippen LogP contribution in [0.5, 0.6) is 5.88 Å². The van der Waals surface area contributed by atoms with Crippen LogP contribution in [0.3, 0.4) is 0 Å². The molecule has 1 saturated carbocycles. The van der Waals surface area contributed by atoms with Crippen molar-refractivity contribution in [3.63, 3.8) is 0 Å². The zero-order chi connectivity index (χ0) is 21.7. The number of hydrogen-bond donors (Lipinski definition) is 4. The fourth-order valence-electron chi connectivity index (χ4n) is 2.56. The lowest BCUT2D eigenvalue weighted by molar-refractivity contribution is 0.0996. The number of nitrogens with zero attached hydrogens (tertiary/aromatic N) is 1. The number of nitrogens with one attached hydrogen (secondary N) is 3. The summed E-state index contributed by atoms with van der Waals surface area (Å²) in [6.07, 6.45) is 3.13. The van der Waals surface area contributed by atoms with E-state index in [2.05, 4.69) is 20.3 Å². The smallest absolute Gasteiger partial charge is 0.319 e. The Bertz CT molecular complexity index is 916. The zero-order valence-electron chi connectivity index (χ0n) is 15.8. The zero-order valence-corrected chi connectivity index (χ0v) is 17.3. The van der Waals surface area contributed by atoms with Crippen LogP contribution in [0.2, 0.25) is 5.02 Å². The van der Waals surface area contributed by atoms with Crippen molar-refractivity contribution in [2.75, 3.05) is 18.4 Å². The van der Waals surface area contributed by atoms with Gasteiger partial charge < -0.3 is 21.1 Å². The van der Waals surface area contributed by atoms with Crippen LogP contribution in [-0.4, -0.2) is 35.4 Å². The molecule has 8 nitrogen and oxygen atoms in total. The highest BCUT2D eigenvalue weighted by molar-refractivity contribution is 7.11. The minimum absolute atomic E-state index is 0.0724. The van der Waals surface area contributed by atoms with Crippen molar-refractivity contribution < 1.29 is 23.1 Å². The third kappa shape index (κ3) is 6.00. The first-order valence-electron chi connectivity index (χ1n) is 9.19. The predicted octanol–water partition coefficient (Wildman–Crippen LogP) is 3.02. The van der Waals surface area contributed by atoms with E-state index in [1.54, 1.807) is 0 Å². The second-order valence-electron chi connectivity index (χ2n) is 6.66. The lowest BCUT2D eigenvalue weighted by Crippen LogP contribution is -2.32. The molecule has 1 heterocycles. The van der Waals surface area contributed by atoms with E-state index < -0.39 is 30.2 Å². The van der Waals surface area contributed by atoms with Gasteiger partial charge in [0.15, 0.2) is 0 Å². The Balaban J connectivity index is 1.57. The summed E-state index contributed by atoms with van der Waals surface area (Å²) >= 11 is 6.35. The van der Waals surface area contributed by atoms with Crippen molar-refractivity contribution in [2.24, 2.45) is 5.73 Å². The van der Waals surface area contributed by atoms with Crippen molar-refractivity contribution in [1.29, 1.82) is 0 Å². The molecule has 2 aromatic rings. The molecule has 3 rings (SSSR count). The summed E-state index contributed by atoms with van der Waals surface area (Å²) in [4.78, 5) is 23.8. The lowest BCUT2D eigenvalue weighted by atomic mass is 10.2. The summed E-state index contributed by atoms with van der Waals surface area (Å²) in [6.45, 7) is 0.696. The maximum Gasteiger partial charge on any atom is 0.319 e. The highest BCUT2D eigenvalue weighted by atomic mass is 35.5. The third-order valence-electron chi connectivity index (χ3n) is 4.24. The van der Waals surface area contributed by atoms with Crippen molar-refractivity contribution in [1.82, 2.24) is 15.0 Å². The second kappa shape index (κ2) is 10.0. The molecule has 1 aliphatic carbocycles. The Labute approximate surface area is 180 Å².